The first-order chi connectivity index (χ1) is 5.69. The summed E-state index contributed by atoms with van der Waals surface area (Å²) in [6.07, 6.45) is 4.51. The summed E-state index contributed by atoms with van der Waals surface area (Å²) in [5, 5.41) is 0. The van der Waals surface area contributed by atoms with Crippen molar-refractivity contribution >= 4 is 5.78 Å². The number of ether oxygens (including phenoxy) is 1. The summed E-state index contributed by atoms with van der Waals surface area (Å²) in [6.45, 7) is 4.94. The van der Waals surface area contributed by atoms with Gasteiger partial charge in [-0.3, -0.25) is 4.79 Å². The fourth-order valence-electron chi connectivity index (χ4n) is 1.80. The predicted octanol–water partition coefficient (Wildman–Crippen LogP) is 2.17. The average molecular weight is 170 g/mol. The number of hydrogen-bond donors (Lipinski definition) is 0. The summed E-state index contributed by atoms with van der Waals surface area (Å²) < 4.78 is 5.12. The molecule has 0 atom stereocenters. The van der Waals surface area contributed by atoms with Gasteiger partial charge in [-0.25, -0.2) is 0 Å². The normalized spacial score (nSPS) is 21.2. The predicted molar refractivity (Wildman–Crippen MR) is 48.1 cm³/mol. The quantitative estimate of drug-likeness (QED) is 0.646. The van der Waals surface area contributed by atoms with Crippen molar-refractivity contribution in [3.05, 3.63) is 0 Å². The Kier molecular flexibility index (Phi) is 3.27. The molecule has 0 radical (unpaired) electrons. The zero-order valence-electron chi connectivity index (χ0n) is 8.06. The van der Waals surface area contributed by atoms with Gasteiger partial charge in [0.05, 0.1) is 0 Å². The number of Topliss-reactive ketones (excluding diaryl/α,β-unsaturated/α-hetero) is 1. The lowest BCUT2D eigenvalue weighted by Gasteiger charge is -2.20. The Morgan fingerprint density at radius 3 is 2.50 bits per heavy atom. The van der Waals surface area contributed by atoms with E-state index < -0.39 is 0 Å². The van der Waals surface area contributed by atoms with Crippen molar-refractivity contribution < 1.29 is 9.53 Å². The van der Waals surface area contributed by atoms with Crippen molar-refractivity contribution in [3.8, 4) is 0 Å². The van der Waals surface area contributed by atoms with Crippen LogP contribution in [0.25, 0.3) is 0 Å². The first-order valence-electron chi connectivity index (χ1n) is 4.80. The summed E-state index contributed by atoms with van der Waals surface area (Å²) in [7, 11) is 0. The molecule has 0 saturated heterocycles. The van der Waals surface area contributed by atoms with Gasteiger partial charge in [-0.15, -0.1) is 0 Å². The molecule has 0 bridgehead atoms. The number of ketones is 1. The smallest absolute Gasteiger partial charge is 0.164 e. The first kappa shape index (κ1) is 9.72. The molecule has 2 nitrogen and oxygen atoms in total. The highest BCUT2D eigenvalue weighted by atomic mass is 16.5. The minimum absolute atomic E-state index is 0.0603. The molecule has 1 aliphatic carbocycles. The standard InChI is InChI=1S/C10H18O2/c1-3-12-8-9(11)10(2)6-4-5-7-10/h3-8H2,1-2H3. The van der Waals surface area contributed by atoms with E-state index in [4.69, 9.17) is 4.74 Å². The van der Waals surface area contributed by atoms with Crippen LogP contribution in [0.1, 0.15) is 39.5 Å². The molecule has 1 fully saturated rings. The maximum absolute atomic E-state index is 11.6. The maximum atomic E-state index is 11.6. The van der Waals surface area contributed by atoms with Gasteiger partial charge in [0, 0.05) is 12.0 Å². The monoisotopic (exact) mass is 170 g/mol. The zero-order chi connectivity index (χ0) is 9.03. The number of hydrogen-bond acceptors (Lipinski definition) is 2. The van der Waals surface area contributed by atoms with E-state index in [-0.39, 0.29) is 5.41 Å². The lowest BCUT2D eigenvalue weighted by molar-refractivity contribution is -0.132. The number of carbonyl (C=O) groups is 1. The van der Waals surface area contributed by atoms with Gasteiger partial charge < -0.3 is 4.74 Å². The summed E-state index contributed by atoms with van der Waals surface area (Å²) in [4.78, 5) is 11.6. The molecule has 0 aromatic carbocycles. The third-order valence-electron chi connectivity index (χ3n) is 2.82. The first-order valence-corrected chi connectivity index (χ1v) is 4.80. The van der Waals surface area contributed by atoms with Crippen LogP contribution in [0.3, 0.4) is 0 Å². The van der Waals surface area contributed by atoms with E-state index >= 15 is 0 Å². The molecular formula is C10H18O2. The van der Waals surface area contributed by atoms with E-state index in [0.29, 0.717) is 19.0 Å². The number of rotatable bonds is 4. The summed E-state index contributed by atoms with van der Waals surface area (Å²) in [6, 6.07) is 0. The molecule has 0 aliphatic heterocycles. The second-order valence-corrected chi connectivity index (χ2v) is 3.83. The molecule has 70 valence electrons. The molecule has 2 heteroatoms. The minimum Gasteiger partial charge on any atom is -0.374 e. The van der Waals surface area contributed by atoms with Crippen LogP contribution in [-0.2, 0) is 9.53 Å². The van der Waals surface area contributed by atoms with Gasteiger partial charge in [0.2, 0.25) is 0 Å². The van der Waals surface area contributed by atoms with Crippen LogP contribution in [0.2, 0.25) is 0 Å². The summed E-state index contributed by atoms with van der Waals surface area (Å²) >= 11 is 0. The van der Waals surface area contributed by atoms with Crippen molar-refractivity contribution in [3.63, 3.8) is 0 Å². The van der Waals surface area contributed by atoms with E-state index in [1.165, 1.54) is 12.8 Å². The molecule has 0 amide bonds. The second kappa shape index (κ2) is 4.04. The Morgan fingerprint density at radius 2 is 2.00 bits per heavy atom. The zero-order valence-corrected chi connectivity index (χ0v) is 8.06. The highest BCUT2D eigenvalue weighted by Crippen LogP contribution is 2.38. The van der Waals surface area contributed by atoms with Gasteiger partial charge in [0.25, 0.3) is 0 Å². The number of carbonyl (C=O) groups excluding carboxylic acids is 1. The maximum Gasteiger partial charge on any atom is 0.164 e. The van der Waals surface area contributed by atoms with E-state index in [9.17, 15) is 4.79 Å². The minimum atomic E-state index is -0.0603. The topological polar surface area (TPSA) is 26.3 Å². The van der Waals surface area contributed by atoms with Gasteiger partial charge in [0.15, 0.2) is 5.78 Å². The van der Waals surface area contributed by atoms with E-state index in [1.807, 2.05) is 6.92 Å². The van der Waals surface area contributed by atoms with Crippen LogP contribution in [0.5, 0.6) is 0 Å². The summed E-state index contributed by atoms with van der Waals surface area (Å²) in [5.41, 5.74) is -0.0603. The molecule has 1 rings (SSSR count). The fraction of sp³-hybridized carbons (Fsp3) is 0.900. The third kappa shape index (κ3) is 2.07. The molecule has 0 aromatic rings. The van der Waals surface area contributed by atoms with Crippen molar-refractivity contribution in [1.82, 2.24) is 0 Å². The van der Waals surface area contributed by atoms with Crippen LogP contribution in [0, 0.1) is 5.41 Å². The summed E-state index contributed by atoms with van der Waals surface area (Å²) in [5.74, 6) is 0.293. The Hall–Kier alpha value is -0.370. The highest BCUT2D eigenvalue weighted by molar-refractivity contribution is 5.85. The van der Waals surface area contributed by atoms with Gasteiger partial charge >= 0.3 is 0 Å². The lowest BCUT2D eigenvalue weighted by atomic mass is 9.84. The van der Waals surface area contributed by atoms with Crippen molar-refractivity contribution in [1.29, 1.82) is 0 Å². The Morgan fingerprint density at radius 1 is 1.42 bits per heavy atom. The van der Waals surface area contributed by atoms with E-state index in [0.717, 1.165) is 12.8 Å². The molecule has 0 aromatic heterocycles. The van der Waals surface area contributed by atoms with Crippen LogP contribution in [0.4, 0.5) is 0 Å². The van der Waals surface area contributed by atoms with Gasteiger partial charge in [-0.1, -0.05) is 19.8 Å². The SMILES string of the molecule is CCOCC(=O)C1(C)CCCC1. The Labute approximate surface area is 74.3 Å². The molecular weight excluding hydrogens is 152 g/mol. The largest absolute Gasteiger partial charge is 0.374 e. The lowest BCUT2D eigenvalue weighted by Crippen LogP contribution is -2.28. The highest BCUT2D eigenvalue weighted by Gasteiger charge is 2.35. The second-order valence-electron chi connectivity index (χ2n) is 3.83. The van der Waals surface area contributed by atoms with Crippen LogP contribution >= 0.6 is 0 Å². The van der Waals surface area contributed by atoms with Gasteiger partial charge in [-0.2, -0.15) is 0 Å². The van der Waals surface area contributed by atoms with Crippen molar-refractivity contribution in [2.24, 2.45) is 5.41 Å². The van der Waals surface area contributed by atoms with Crippen LogP contribution < -0.4 is 0 Å². The van der Waals surface area contributed by atoms with Crippen LogP contribution in [0.15, 0.2) is 0 Å². The molecule has 0 unspecified atom stereocenters. The molecule has 12 heavy (non-hydrogen) atoms. The molecule has 0 N–H and O–H groups in total. The van der Waals surface area contributed by atoms with Gasteiger partial charge in [-0.05, 0) is 19.8 Å². The van der Waals surface area contributed by atoms with Gasteiger partial charge in [0.1, 0.15) is 6.61 Å². The molecule has 1 aliphatic rings. The van der Waals surface area contributed by atoms with Crippen molar-refractivity contribution in [2.75, 3.05) is 13.2 Å². The van der Waals surface area contributed by atoms with Crippen LogP contribution in [-0.4, -0.2) is 19.0 Å². The third-order valence-corrected chi connectivity index (χ3v) is 2.82. The van der Waals surface area contributed by atoms with E-state index in [1.54, 1.807) is 0 Å². The molecule has 1 saturated carbocycles. The van der Waals surface area contributed by atoms with E-state index in [2.05, 4.69) is 6.92 Å². The Balaban J connectivity index is 2.39. The molecule has 0 spiro atoms. The Bertz CT molecular complexity index is 157. The van der Waals surface area contributed by atoms with Crippen molar-refractivity contribution in [2.45, 2.75) is 39.5 Å². The average Bonchev–Trinajstić information content (AvgIpc) is 2.49. The molecule has 0 heterocycles. The fourth-order valence-corrected chi connectivity index (χ4v) is 1.80.